The molecule has 0 saturated heterocycles. The van der Waals surface area contributed by atoms with Crippen molar-refractivity contribution in [2.45, 2.75) is 89.3 Å². The molecule has 2 aromatic rings. The maximum atomic E-state index is 12.6. The van der Waals surface area contributed by atoms with Gasteiger partial charge in [-0.25, -0.2) is 0 Å². The standard InChI is InChI=1S/C45H62N4O12S2/c1-44(2)36-24-32(26-42(54)46-28-34(52)30-50)16-18-38(36)48(20-10-12-22-62(56,57)58)40(44)14-8-6-5-7-9-15-41-45(3,4)37-25-33(27-43(55)47-29-35(53)31-51)17-19-39(37)49(41)21-11-13-23-63(59,60)61/h5-9,14-19,24-25,34-35,50-53H,10-13,20-23,26-31H2,1-4H3,(H3-,46,47,54,55,56,57,58,59,60,61)/p+1. The van der Waals surface area contributed by atoms with Gasteiger partial charge in [-0.05, 0) is 68.0 Å². The molecule has 0 bridgehead atoms. The summed E-state index contributed by atoms with van der Waals surface area (Å²) in [5, 5.41) is 42.6. The van der Waals surface area contributed by atoms with E-state index in [9.17, 15) is 45.7 Å². The molecule has 2 atom stereocenters. The Labute approximate surface area is 370 Å². The van der Waals surface area contributed by atoms with Crippen LogP contribution in [0.5, 0.6) is 0 Å². The van der Waals surface area contributed by atoms with Crippen LogP contribution in [0.15, 0.2) is 84.6 Å². The van der Waals surface area contributed by atoms with Crippen LogP contribution in [0.3, 0.4) is 0 Å². The number of amides is 2. The van der Waals surface area contributed by atoms with E-state index in [0.29, 0.717) is 25.9 Å². The molecule has 2 aliphatic rings. The second-order valence-electron chi connectivity index (χ2n) is 16.9. The topological polar surface area (TPSA) is 254 Å². The lowest BCUT2D eigenvalue weighted by atomic mass is 9.80. The first kappa shape index (κ1) is 51.1. The van der Waals surface area contributed by atoms with E-state index >= 15 is 0 Å². The van der Waals surface area contributed by atoms with Gasteiger partial charge in [0, 0.05) is 60.6 Å². The van der Waals surface area contributed by atoms with Gasteiger partial charge >= 0.3 is 0 Å². The Morgan fingerprint density at radius 3 is 1.81 bits per heavy atom. The third kappa shape index (κ3) is 14.8. The van der Waals surface area contributed by atoms with E-state index < -0.39 is 56.5 Å². The molecule has 4 rings (SSSR count). The lowest BCUT2D eigenvalue weighted by molar-refractivity contribution is -0.438. The van der Waals surface area contributed by atoms with Crippen molar-refractivity contribution in [1.29, 1.82) is 0 Å². The quantitative estimate of drug-likeness (QED) is 0.0327. The number of allylic oxidation sites excluding steroid dienone is 8. The molecule has 2 amide bonds. The van der Waals surface area contributed by atoms with Gasteiger partial charge in [0.1, 0.15) is 6.54 Å². The Morgan fingerprint density at radius 2 is 1.24 bits per heavy atom. The average Bonchev–Trinajstić information content (AvgIpc) is 3.55. The van der Waals surface area contributed by atoms with E-state index in [1.54, 1.807) is 0 Å². The largest absolute Gasteiger partial charge is 0.394 e. The molecule has 2 aromatic carbocycles. The first-order valence-electron chi connectivity index (χ1n) is 21.0. The molecule has 63 heavy (non-hydrogen) atoms. The van der Waals surface area contributed by atoms with Crippen LogP contribution in [-0.2, 0) is 53.5 Å². The number of nitrogens with one attached hydrogen (secondary N) is 2. The van der Waals surface area contributed by atoms with E-state index in [1.165, 1.54) is 0 Å². The predicted molar refractivity (Wildman–Crippen MR) is 242 cm³/mol. The number of hydrogen-bond acceptors (Lipinski definition) is 11. The highest BCUT2D eigenvalue weighted by Gasteiger charge is 2.44. The summed E-state index contributed by atoms with van der Waals surface area (Å²) in [6.45, 7) is 8.18. The summed E-state index contributed by atoms with van der Waals surface area (Å²) >= 11 is 0. The van der Waals surface area contributed by atoms with Crippen LogP contribution in [0.25, 0.3) is 0 Å². The predicted octanol–water partition coefficient (Wildman–Crippen LogP) is 2.77. The van der Waals surface area contributed by atoms with Gasteiger partial charge in [0.2, 0.25) is 17.5 Å². The first-order chi connectivity index (χ1) is 29.6. The second kappa shape index (κ2) is 22.4. The number of aliphatic hydroxyl groups is 4. The average molecular weight is 916 g/mol. The smallest absolute Gasteiger partial charge is 0.264 e. The number of anilines is 1. The molecule has 0 aliphatic carbocycles. The molecular formula is C45H63N4O12S2+. The molecule has 2 unspecified atom stereocenters. The highest BCUT2D eigenvalue weighted by atomic mass is 32.2. The summed E-state index contributed by atoms with van der Waals surface area (Å²) < 4.78 is 66.3. The fraction of sp³-hybridized carbons (Fsp3) is 0.489. The zero-order valence-corrected chi connectivity index (χ0v) is 38.0. The maximum absolute atomic E-state index is 12.6. The van der Waals surface area contributed by atoms with Gasteiger partial charge in [-0.3, -0.25) is 18.7 Å². The monoisotopic (exact) mass is 915 g/mol. The second-order valence-corrected chi connectivity index (χ2v) is 20.1. The molecule has 0 fully saturated rings. The van der Waals surface area contributed by atoms with Crippen LogP contribution in [0, 0.1) is 0 Å². The van der Waals surface area contributed by atoms with Crippen molar-refractivity contribution in [3.8, 4) is 0 Å². The zero-order valence-electron chi connectivity index (χ0n) is 36.4. The van der Waals surface area contributed by atoms with Gasteiger partial charge in [0.15, 0.2) is 5.71 Å². The van der Waals surface area contributed by atoms with Gasteiger partial charge in [0.25, 0.3) is 20.2 Å². The van der Waals surface area contributed by atoms with Crippen LogP contribution in [0.4, 0.5) is 11.4 Å². The van der Waals surface area contributed by atoms with E-state index in [0.717, 1.165) is 45.0 Å². The van der Waals surface area contributed by atoms with Crippen LogP contribution < -0.4 is 15.5 Å². The highest BCUT2D eigenvalue weighted by Crippen LogP contribution is 2.48. The van der Waals surface area contributed by atoms with Gasteiger partial charge in [-0.15, -0.1) is 0 Å². The molecule has 0 aromatic heterocycles. The molecule has 0 radical (unpaired) electrons. The molecule has 2 heterocycles. The lowest BCUT2D eigenvalue weighted by Gasteiger charge is -2.27. The van der Waals surface area contributed by atoms with Gasteiger partial charge in [-0.2, -0.15) is 21.4 Å². The summed E-state index contributed by atoms with van der Waals surface area (Å²) in [5.41, 5.74) is 6.18. The van der Waals surface area contributed by atoms with Crippen molar-refractivity contribution < 1.29 is 60.5 Å². The summed E-state index contributed by atoms with van der Waals surface area (Å²) in [6.07, 6.45) is 13.0. The summed E-state index contributed by atoms with van der Waals surface area (Å²) in [5.74, 6) is -1.29. The molecule has 2 aliphatic heterocycles. The number of carbonyl (C=O) groups is 2. The van der Waals surface area contributed by atoms with Crippen molar-refractivity contribution >= 4 is 49.1 Å². The summed E-state index contributed by atoms with van der Waals surface area (Å²) in [4.78, 5) is 27.3. The molecule has 18 heteroatoms. The Bertz CT molecular complexity index is 2330. The minimum atomic E-state index is -4.10. The Balaban J connectivity index is 1.56. The molecule has 0 spiro atoms. The van der Waals surface area contributed by atoms with E-state index in [-0.39, 0.29) is 62.1 Å². The third-order valence-corrected chi connectivity index (χ3v) is 12.8. The normalized spacial score (nSPS) is 17.6. The summed E-state index contributed by atoms with van der Waals surface area (Å²) in [7, 11) is -8.21. The summed E-state index contributed by atoms with van der Waals surface area (Å²) in [6, 6.07) is 11.5. The van der Waals surface area contributed by atoms with E-state index in [2.05, 4.69) is 47.8 Å². The number of unbranched alkanes of at least 4 members (excludes halogenated alkanes) is 2. The fourth-order valence-corrected chi connectivity index (χ4v) is 8.97. The molecule has 346 valence electrons. The van der Waals surface area contributed by atoms with Crippen molar-refractivity contribution in [2.24, 2.45) is 0 Å². The van der Waals surface area contributed by atoms with Gasteiger partial charge in [0.05, 0.1) is 55.2 Å². The van der Waals surface area contributed by atoms with Crippen molar-refractivity contribution in [2.75, 3.05) is 55.8 Å². The highest BCUT2D eigenvalue weighted by molar-refractivity contribution is 7.86. The number of aliphatic hydroxyl groups excluding tert-OH is 4. The molecule has 16 nitrogen and oxygen atoms in total. The number of rotatable bonds is 24. The zero-order chi connectivity index (χ0) is 46.6. The Kier molecular flexibility index (Phi) is 18.2. The van der Waals surface area contributed by atoms with Crippen LogP contribution in [0.2, 0.25) is 0 Å². The fourth-order valence-electron chi connectivity index (χ4n) is 7.83. The number of nitrogens with zero attached hydrogens (tertiary/aromatic N) is 2. The molecular weight excluding hydrogens is 853 g/mol. The molecule has 0 saturated carbocycles. The number of carbonyl (C=O) groups excluding carboxylic acids is 2. The minimum Gasteiger partial charge on any atom is -0.394 e. The van der Waals surface area contributed by atoms with Crippen molar-refractivity contribution in [1.82, 2.24) is 10.6 Å². The van der Waals surface area contributed by atoms with Crippen LogP contribution in [-0.4, -0.2) is 132 Å². The maximum Gasteiger partial charge on any atom is 0.264 e. The van der Waals surface area contributed by atoms with Crippen molar-refractivity contribution in [3.05, 3.63) is 107 Å². The minimum absolute atomic E-state index is 0.0655. The van der Waals surface area contributed by atoms with E-state index in [1.807, 2.05) is 78.9 Å². The first-order valence-corrected chi connectivity index (χ1v) is 24.2. The number of fused-ring (bicyclic) bond motifs is 2. The van der Waals surface area contributed by atoms with Crippen LogP contribution in [0.1, 0.15) is 75.6 Å². The number of benzene rings is 2. The van der Waals surface area contributed by atoms with E-state index in [4.69, 9.17) is 10.2 Å². The lowest BCUT2D eigenvalue weighted by Crippen LogP contribution is -2.34. The van der Waals surface area contributed by atoms with Crippen LogP contribution >= 0.6 is 0 Å². The van der Waals surface area contributed by atoms with Gasteiger partial charge in [-0.1, -0.05) is 62.4 Å². The van der Waals surface area contributed by atoms with Gasteiger partial charge < -0.3 is 36.0 Å². The Hall–Kier alpha value is -4.53. The SMILES string of the molecule is CC1(C)C(/C=C/C=C/C=C/C=C2\N(CCCCS(=O)(=O)O)c3ccc(CC(=O)NCC(O)CO)cc3C2(C)C)=[N+](CCCCS(=O)(=O)O)c2ccc(CC(=O)NCC(O)CO)cc21. The number of hydrogen-bond donors (Lipinski definition) is 8. The Morgan fingerprint density at radius 1 is 0.714 bits per heavy atom. The third-order valence-electron chi connectivity index (χ3n) is 11.2. The van der Waals surface area contributed by atoms with Crippen molar-refractivity contribution in [3.63, 3.8) is 0 Å². The molecule has 8 N–H and O–H groups in total.